The van der Waals surface area contributed by atoms with Gasteiger partial charge in [-0.1, -0.05) is 0 Å². The van der Waals surface area contributed by atoms with Gasteiger partial charge in [0, 0.05) is 38.5 Å². The maximum Gasteiger partial charge on any atom is 0.324 e. The van der Waals surface area contributed by atoms with Crippen LogP contribution < -0.4 is 9.21 Å². The molecule has 1 unspecified atom stereocenters. The summed E-state index contributed by atoms with van der Waals surface area (Å²) in [5.74, 6) is 0. The van der Waals surface area contributed by atoms with Crippen LogP contribution in [0.1, 0.15) is 24.8 Å². The zero-order valence-corrected chi connectivity index (χ0v) is 15.9. The van der Waals surface area contributed by atoms with E-state index in [9.17, 15) is 13.2 Å². The Balaban J connectivity index is 1.48. The Morgan fingerprint density at radius 3 is 2.77 bits per heavy atom. The van der Waals surface area contributed by atoms with Crippen LogP contribution in [0.4, 0.5) is 16.2 Å². The number of amides is 2. The molecule has 0 aliphatic carbocycles. The van der Waals surface area contributed by atoms with Crippen molar-refractivity contribution in [2.45, 2.75) is 31.8 Å². The van der Waals surface area contributed by atoms with E-state index < -0.39 is 10.0 Å². The van der Waals surface area contributed by atoms with Crippen LogP contribution in [0.15, 0.2) is 18.2 Å². The molecule has 0 N–H and O–H groups in total. The van der Waals surface area contributed by atoms with Gasteiger partial charge in [-0.3, -0.25) is 9.21 Å². The number of rotatable bonds is 4. The molecule has 8 heteroatoms. The number of carbonyl (C=O) groups is 1. The normalized spacial score (nSPS) is 23.7. The molecule has 3 aliphatic rings. The van der Waals surface area contributed by atoms with Gasteiger partial charge in [0.1, 0.15) is 0 Å². The zero-order chi connectivity index (χ0) is 18.3. The van der Waals surface area contributed by atoms with Crippen molar-refractivity contribution in [2.75, 3.05) is 48.2 Å². The molecule has 0 spiro atoms. The van der Waals surface area contributed by atoms with E-state index in [-0.39, 0.29) is 12.1 Å². The Hall–Kier alpha value is -1.80. The lowest BCUT2D eigenvalue weighted by Crippen LogP contribution is -2.39. The van der Waals surface area contributed by atoms with Gasteiger partial charge in [-0.25, -0.2) is 13.2 Å². The molecule has 26 heavy (non-hydrogen) atoms. The van der Waals surface area contributed by atoms with Crippen molar-refractivity contribution in [3.63, 3.8) is 0 Å². The third kappa shape index (κ3) is 3.27. The standard InChI is InChI=1S/C18H25N3O4S/c1-26(23,24)21-8-7-14-12-15(5-6-17(14)21)20-10-9-19(18(20)22)13-16-4-2-3-11-25-16/h5-6,12,16H,2-4,7-11,13H2,1H3. The van der Waals surface area contributed by atoms with Crippen LogP contribution in [0.3, 0.4) is 0 Å². The summed E-state index contributed by atoms with van der Waals surface area (Å²) >= 11 is 0. The molecule has 3 heterocycles. The van der Waals surface area contributed by atoms with E-state index in [1.54, 1.807) is 4.90 Å². The third-order valence-electron chi connectivity index (χ3n) is 5.42. The summed E-state index contributed by atoms with van der Waals surface area (Å²) in [6, 6.07) is 5.63. The maximum absolute atomic E-state index is 12.8. The number of urea groups is 1. The second-order valence-electron chi connectivity index (χ2n) is 7.27. The lowest BCUT2D eigenvalue weighted by Gasteiger charge is -2.27. The number of nitrogens with zero attached hydrogens (tertiary/aromatic N) is 3. The summed E-state index contributed by atoms with van der Waals surface area (Å²) in [7, 11) is -3.25. The Bertz CT molecular complexity index is 805. The highest BCUT2D eigenvalue weighted by Gasteiger charge is 2.33. The van der Waals surface area contributed by atoms with E-state index in [1.165, 1.54) is 10.6 Å². The molecule has 142 valence electrons. The minimum absolute atomic E-state index is 0.0112. The van der Waals surface area contributed by atoms with Gasteiger partial charge in [-0.15, -0.1) is 0 Å². The monoisotopic (exact) mass is 379 g/mol. The fraction of sp³-hybridized carbons (Fsp3) is 0.611. The number of anilines is 2. The van der Waals surface area contributed by atoms with Crippen LogP contribution >= 0.6 is 0 Å². The summed E-state index contributed by atoms with van der Waals surface area (Å²) in [6.45, 7) is 3.27. The first-order chi connectivity index (χ1) is 12.4. The van der Waals surface area contributed by atoms with E-state index in [4.69, 9.17) is 4.74 Å². The molecule has 0 bridgehead atoms. The molecule has 3 aliphatic heterocycles. The molecule has 0 radical (unpaired) electrons. The summed E-state index contributed by atoms with van der Waals surface area (Å²) in [4.78, 5) is 16.4. The SMILES string of the molecule is CS(=O)(=O)N1CCc2cc(N3CCN(CC4CCCCO4)C3=O)ccc21. The number of benzene rings is 1. The Morgan fingerprint density at radius 1 is 1.19 bits per heavy atom. The molecule has 4 rings (SSSR count). The largest absolute Gasteiger partial charge is 0.376 e. The van der Waals surface area contributed by atoms with Gasteiger partial charge in [0.25, 0.3) is 0 Å². The highest BCUT2D eigenvalue weighted by atomic mass is 32.2. The van der Waals surface area contributed by atoms with Crippen molar-refractivity contribution in [3.8, 4) is 0 Å². The second-order valence-corrected chi connectivity index (χ2v) is 9.17. The van der Waals surface area contributed by atoms with Gasteiger partial charge in [0.05, 0.1) is 18.0 Å². The number of carbonyl (C=O) groups excluding carboxylic acids is 1. The third-order valence-corrected chi connectivity index (χ3v) is 6.60. The topological polar surface area (TPSA) is 70.2 Å². The zero-order valence-electron chi connectivity index (χ0n) is 15.1. The summed E-state index contributed by atoms with van der Waals surface area (Å²) in [5, 5.41) is 0. The molecule has 7 nitrogen and oxygen atoms in total. The molecule has 1 atom stereocenters. The van der Waals surface area contributed by atoms with Crippen LogP contribution in [-0.2, 0) is 21.2 Å². The smallest absolute Gasteiger partial charge is 0.324 e. The van der Waals surface area contributed by atoms with Gasteiger partial charge in [-0.05, 0) is 49.4 Å². The quantitative estimate of drug-likeness (QED) is 0.800. The second kappa shape index (κ2) is 6.74. The van der Waals surface area contributed by atoms with Crippen molar-refractivity contribution in [1.29, 1.82) is 0 Å². The summed E-state index contributed by atoms with van der Waals surface area (Å²) in [6.07, 6.45) is 5.34. The molecule has 2 fully saturated rings. The molecule has 1 aromatic carbocycles. The van der Waals surface area contributed by atoms with Gasteiger partial charge in [-0.2, -0.15) is 0 Å². The van der Waals surface area contributed by atoms with E-state index in [0.717, 1.165) is 42.8 Å². The maximum atomic E-state index is 12.8. The van der Waals surface area contributed by atoms with Crippen LogP contribution in [0.25, 0.3) is 0 Å². The van der Waals surface area contributed by atoms with Crippen LogP contribution in [0.5, 0.6) is 0 Å². The van der Waals surface area contributed by atoms with Crippen molar-refractivity contribution in [1.82, 2.24) is 4.90 Å². The molecular weight excluding hydrogens is 354 g/mol. The number of hydrogen-bond donors (Lipinski definition) is 0. The average molecular weight is 379 g/mol. The van der Waals surface area contributed by atoms with E-state index in [0.29, 0.717) is 32.6 Å². The Kier molecular flexibility index (Phi) is 4.56. The van der Waals surface area contributed by atoms with Crippen LogP contribution in [-0.4, -0.2) is 64.5 Å². The number of fused-ring (bicyclic) bond motifs is 1. The Labute approximate surface area is 154 Å². The molecule has 0 saturated carbocycles. The molecule has 2 amide bonds. The van der Waals surface area contributed by atoms with Crippen molar-refractivity contribution < 1.29 is 17.9 Å². The fourth-order valence-corrected chi connectivity index (χ4v) is 5.02. The van der Waals surface area contributed by atoms with Crippen molar-refractivity contribution in [2.24, 2.45) is 0 Å². The van der Waals surface area contributed by atoms with Gasteiger partial charge in [0.2, 0.25) is 10.0 Å². The highest BCUT2D eigenvalue weighted by Crippen LogP contribution is 2.34. The summed E-state index contributed by atoms with van der Waals surface area (Å²) < 4.78 is 30.9. The molecular formula is C18H25N3O4S. The highest BCUT2D eigenvalue weighted by molar-refractivity contribution is 7.92. The van der Waals surface area contributed by atoms with Gasteiger partial charge >= 0.3 is 6.03 Å². The number of ether oxygens (including phenoxy) is 1. The lowest BCUT2D eigenvalue weighted by atomic mass is 10.1. The van der Waals surface area contributed by atoms with Crippen LogP contribution in [0.2, 0.25) is 0 Å². The van der Waals surface area contributed by atoms with Gasteiger partial charge < -0.3 is 9.64 Å². The van der Waals surface area contributed by atoms with Gasteiger partial charge in [0.15, 0.2) is 0 Å². The minimum Gasteiger partial charge on any atom is -0.376 e. The van der Waals surface area contributed by atoms with E-state index >= 15 is 0 Å². The first-order valence-electron chi connectivity index (χ1n) is 9.22. The molecule has 0 aromatic heterocycles. The van der Waals surface area contributed by atoms with Crippen LogP contribution in [0, 0.1) is 0 Å². The first-order valence-corrected chi connectivity index (χ1v) is 11.1. The van der Waals surface area contributed by atoms with E-state index in [1.807, 2.05) is 23.1 Å². The Morgan fingerprint density at radius 2 is 2.04 bits per heavy atom. The average Bonchev–Trinajstić information content (AvgIpc) is 3.19. The number of hydrogen-bond acceptors (Lipinski definition) is 4. The van der Waals surface area contributed by atoms with E-state index in [2.05, 4.69) is 0 Å². The van der Waals surface area contributed by atoms with Crippen molar-refractivity contribution in [3.05, 3.63) is 23.8 Å². The summed E-state index contributed by atoms with van der Waals surface area (Å²) in [5.41, 5.74) is 2.56. The fourth-order valence-electron chi connectivity index (χ4n) is 4.06. The number of sulfonamides is 1. The predicted molar refractivity (Wildman–Crippen MR) is 100 cm³/mol. The first kappa shape index (κ1) is 17.6. The minimum atomic E-state index is -3.25. The predicted octanol–water partition coefficient (Wildman–Crippen LogP) is 1.82. The molecule has 1 aromatic rings. The molecule has 2 saturated heterocycles. The lowest BCUT2D eigenvalue weighted by molar-refractivity contribution is 0.00338. The van der Waals surface area contributed by atoms with Crippen molar-refractivity contribution >= 4 is 27.4 Å².